The molecular formula is C17H16BrN3O2S2. The van der Waals surface area contributed by atoms with Gasteiger partial charge in [0, 0.05) is 18.2 Å². The average molecular weight is 438 g/mol. The van der Waals surface area contributed by atoms with Crippen LogP contribution in [0.2, 0.25) is 0 Å². The van der Waals surface area contributed by atoms with Crippen molar-refractivity contribution in [3.8, 4) is 5.00 Å². The van der Waals surface area contributed by atoms with Crippen LogP contribution in [0, 0.1) is 5.92 Å². The molecule has 3 aromatic rings. The number of rotatable bonds is 5. The van der Waals surface area contributed by atoms with Crippen molar-refractivity contribution in [2.45, 2.75) is 23.1 Å². The standard InChI is InChI=1S/C17H16BrN3O2S2/c1-11-16(12-5-3-2-4-6-12)17(11)20-25(22,23)15-8-7-14(24-15)21-10-13(18)9-19-21/h2-11,16-17,20H,1H3/t11-,16-,17+/m1/s1. The first-order valence-electron chi connectivity index (χ1n) is 7.83. The highest BCUT2D eigenvalue weighted by atomic mass is 79.9. The summed E-state index contributed by atoms with van der Waals surface area (Å²) in [6.07, 6.45) is 3.46. The first kappa shape index (κ1) is 17.0. The lowest BCUT2D eigenvalue weighted by Crippen LogP contribution is -2.27. The van der Waals surface area contributed by atoms with E-state index in [1.54, 1.807) is 29.2 Å². The van der Waals surface area contributed by atoms with E-state index in [0.29, 0.717) is 10.1 Å². The largest absolute Gasteiger partial charge is 0.250 e. The number of nitrogens with zero attached hydrogens (tertiary/aromatic N) is 2. The lowest BCUT2D eigenvalue weighted by atomic mass is 10.1. The molecule has 1 aromatic carbocycles. The van der Waals surface area contributed by atoms with E-state index in [9.17, 15) is 8.42 Å². The van der Waals surface area contributed by atoms with Gasteiger partial charge < -0.3 is 0 Å². The van der Waals surface area contributed by atoms with Crippen molar-refractivity contribution in [3.05, 3.63) is 64.9 Å². The minimum absolute atomic E-state index is 0.0585. The maximum atomic E-state index is 12.7. The van der Waals surface area contributed by atoms with Gasteiger partial charge in [-0.15, -0.1) is 11.3 Å². The zero-order chi connectivity index (χ0) is 17.6. The molecule has 1 aliphatic rings. The first-order valence-corrected chi connectivity index (χ1v) is 10.9. The van der Waals surface area contributed by atoms with E-state index < -0.39 is 10.0 Å². The van der Waals surface area contributed by atoms with Crippen molar-refractivity contribution in [1.29, 1.82) is 0 Å². The third kappa shape index (κ3) is 3.31. The van der Waals surface area contributed by atoms with Gasteiger partial charge in [0.05, 0.1) is 10.7 Å². The fraction of sp³-hybridized carbons (Fsp3) is 0.235. The number of benzene rings is 1. The van der Waals surface area contributed by atoms with E-state index in [1.807, 2.05) is 30.3 Å². The van der Waals surface area contributed by atoms with Crippen LogP contribution in [0.3, 0.4) is 0 Å². The Morgan fingerprint density at radius 3 is 2.64 bits per heavy atom. The number of nitrogens with one attached hydrogen (secondary N) is 1. The summed E-state index contributed by atoms with van der Waals surface area (Å²) in [6.45, 7) is 2.08. The fourth-order valence-corrected chi connectivity index (χ4v) is 5.95. The van der Waals surface area contributed by atoms with Crippen LogP contribution in [-0.2, 0) is 10.0 Å². The molecule has 1 fully saturated rings. The Morgan fingerprint density at radius 2 is 1.96 bits per heavy atom. The van der Waals surface area contributed by atoms with Gasteiger partial charge in [-0.1, -0.05) is 37.3 Å². The van der Waals surface area contributed by atoms with Gasteiger partial charge in [0.2, 0.25) is 10.0 Å². The summed E-state index contributed by atoms with van der Waals surface area (Å²) in [5.74, 6) is 0.524. The smallest absolute Gasteiger partial charge is 0.230 e. The van der Waals surface area contributed by atoms with Crippen molar-refractivity contribution >= 4 is 37.3 Å². The lowest BCUT2D eigenvalue weighted by molar-refractivity contribution is 0.580. The van der Waals surface area contributed by atoms with Crippen molar-refractivity contribution in [3.63, 3.8) is 0 Å². The quantitative estimate of drug-likeness (QED) is 0.660. The van der Waals surface area contributed by atoms with Gasteiger partial charge in [-0.3, -0.25) is 0 Å². The average Bonchev–Trinajstić information content (AvgIpc) is 3.02. The predicted molar refractivity (Wildman–Crippen MR) is 102 cm³/mol. The monoisotopic (exact) mass is 437 g/mol. The summed E-state index contributed by atoms with van der Waals surface area (Å²) in [4.78, 5) is 0. The van der Waals surface area contributed by atoms with Crippen molar-refractivity contribution in [2.24, 2.45) is 5.92 Å². The minimum Gasteiger partial charge on any atom is -0.230 e. The molecule has 0 unspecified atom stereocenters. The lowest BCUT2D eigenvalue weighted by Gasteiger charge is -2.04. The van der Waals surface area contributed by atoms with Crippen molar-refractivity contribution in [2.75, 3.05) is 0 Å². The van der Waals surface area contributed by atoms with Gasteiger partial charge in [-0.25, -0.2) is 17.8 Å². The number of hydrogen-bond donors (Lipinski definition) is 1. The number of sulfonamides is 1. The molecule has 4 rings (SSSR count). The molecule has 0 amide bonds. The van der Waals surface area contributed by atoms with Crippen molar-refractivity contribution < 1.29 is 8.42 Å². The molecule has 0 saturated heterocycles. The number of hydrogen-bond acceptors (Lipinski definition) is 4. The van der Waals surface area contributed by atoms with Crippen LogP contribution in [-0.4, -0.2) is 24.2 Å². The van der Waals surface area contributed by atoms with E-state index in [2.05, 4.69) is 32.7 Å². The van der Waals surface area contributed by atoms with Crippen LogP contribution < -0.4 is 4.72 Å². The Labute approximate surface area is 158 Å². The Hall–Kier alpha value is -1.48. The molecular weight excluding hydrogens is 422 g/mol. The highest BCUT2D eigenvalue weighted by molar-refractivity contribution is 9.10. The van der Waals surface area contributed by atoms with Crippen LogP contribution >= 0.6 is 27.3 Å². The number of halogens is 1. The summed E-state index contributed by atoms with van der Waals surface area (Å²) >= 11 is 4.55. The summed E-state index contributed by atoms with van der Waals surface area (Å²) in [5, 5.41) is 4.94. The second-order valence-electron chi connectivity index (χ2n) is 6.14. The van der Waals surface area contributed by atoms with E-state index in [4.69, 9.17) is 0 Å². The van der Waals surface area contributed by atoms with Gasteiger partial charge in [0.25, 0.3) is 0 Å². The van der Waals surface area contributed by atoms with E-state index in [1.165, 1.54) is 16.9 Å². The van der Waals surface area contributed by atoms with Crippen LogP contribution in [0.25, 0.3) is 5.00 Å². The summed E-state index contributed by atoms with van der Waals surface area (Å²) in [5.41, 5.74) is 1.18. The normalized spacial score (nSPS) is 22.9. The third-order valence-corrected chi connectivity index (χ3v) is 7.90. The molecule has 25 heavy (non-hydrogen) atoms. The Bertz CT molecular complexity index is 998. The van der Waals surface area contributed by atoms with Gasteiger partial charge in [0.15, 0.2) is 0 Å². The highest BCUT2D eigenvalue weighted by Gasteiger charge is 2.49. The minimum atomic E-state index is -3.54. The van der Waals surface area contributed by atoms with E-state index >= 15 is 0 Å². The van der Waals surface area contributed by atoms with Gasteiger partial charge in [-0.2, -0.15) is 5.10 Å². The molecule has 1 N–H and O–H groups in total. The molecule has 130 valence electrons. The first-order chi connectivity index (χ1) is 12.0. The topological polar surface area (TPSA) is 64.0 Å². The van der Waals surface area contributed by atoms with Gasteiger partial charge in [0.1, 0.15) is 9.21 Å². The molecule has 0 aliphatic heterocycles. The predicted octanol–water partition coefficient (Wildman–Crippen LogP) is 3.78. The number of thiophene rings is 1. The van der Waals surface area contributed by atoms with E-state index in [0.717, 1.165) is 9.47 Å². The molecule has 2 aromatic heterocycles. The van der Waals surface area contributed by atoms with Crippen LogP contribution in [0.15, 0.2) is 63.5 Å². The highest BCUT2D eigenvalue weighted by Crippen LogP contribution is 2.48. The maximum Gasteiger partial charge on any atom is 0.250 e. The summed E-state index contributed by atoms with van der Waals surface area (Å²) < 4.78 is 31.1. The third-order valence-electron chi connectivity index (χ3n) is 4.46. The summed E-state index contributed by atoms with van der Waals surface area (Å²) in [7, 11) is -3.54. The molecule has 8 heteroatoms. The summed E-state index contributed by atoms with van der Waals surface area (Å²) in [6, 6.07) is 13.4. The van der Waals surface area contributed by atoms with Crippen LogP contribution in [0.4, 0.5) is 0 Å². The molecule has 3 atom stereocenters. The zero-order valence-corrected chi connectivity index (χ0v) is 16.6. The molecule has 0 radical (unpaired) electrons. The molecule has 5 nitrogen and oxygen atoms in total. The molecule has 0 bridgehead atoms. The fourth-order valence-electron chi connectivity index (χ4n) is 3.07. The van der Waals surface area contributed by atoms with Crippen LogP contribution in [0.1, 0.15) is 18.4 Å². The molecule has 1 saturated carbocycles. The van der Waals surface area contributed by atoms with Gasteiger partial charge in [-0.05, 0) is 39.5 Å². The van der Waals surface area contributed by atoms with Crippen LogP contribution in [0.5, 0.6) is 0 Å². The molecule has 2 heterocycles. The Balaban J connectivity index is 1.52. The van der Waals surface area contributed by atoms with E-state index in [-0.39, 0.29) is 12.0 Å². The second-order valence-corrected chi connectivity index (χ2v) is 10.1. The second kappa shape index (κ2) is 6.35. The number of aromatic nitrogens is 2. The maximum absolute atomic E-state index is 12.7. The Morgan fingerprint density at radius 1 is 1.20 bits per heavy atom. The van der Waals surface area contributed by atoms with Crippen molar-refractivity contribution in [1.82, 2.24) is 14.5 Å². The zero-order valence-electron chi connectivity index (χ0n) is 13.3. The molecule has 1 aliphatic carbocycles. The van der Waals surface area contributed by atoms with Gasteiger partial charge >= 0.3 is 0 Å². The Kier molecular flexibility index (Phi) is 4.31. The SMILES string of the molecule is C[C@H]1[C@H](NS(=O)(=O)c2ccc(-n3cc(Br)cn3)s2)[C@H]1c1ccccc1. The molecule has 0 spiro atoms.